The third-order valence-electron chi connectivity index (χ3n) is 5.67. The van der Waals surface area contributed by atoms with E-state index >= 15 is 0 Å². The Morgan fingerprint density at radius 1 is 0.914 bits per heavy atom. The molecule has 0 bridgehead atoms. The van der Waals surface area contributed by atoms with E-state index in [0.717, 1.165) is 39.0 Å². The van der Waals surface area contributed by atoms with Crippen LogP contribution in [-0.4, -0.2) is 26.9 Å². The molecule has 7 nitrogen and oxygen atoms in total. The molecule has 3 aromatic carbocycles. The van der Waals surface area contributed by atoms with Crippen LogP contribution >= 0.6 is 15.9 Å². The second kappa shape index (κ2) is 8.88. The Morgan fingerprint density at radius 3 is 2.46 bits per heavy atom. The fourth-order valence-corrected chi connectivity index (χ4v) is 4.48. The lowest BCUT2D eigenvalue weighted by molar-refractivity contribution is 0.414. The number of nitrogens with zero attached hydrogens (tertiary/aromatic N) is 4. The lowest BCUT2D eigenvalue weighted by atomic mass is 10.2. The molecule has 0 unspecified atom stereocenters. The summed E-state index contributed by atoms with van der Waals surface area (Å²) >= 11 is 3.58. The van der Waals surface area contributed by atoms with Crippen LogP contribution in [0.5, 0.6) is 17.2 Å². The van der Waals surface area contributed by atoms with Crippen LogP contribution in [0.1, 0.15) is 5.56 Å². The number of hydrogen-bond acceptors (Lipinski definition) is 6. The van der Waals surface area contributed by atoms with Crippen molar-refractivity contribution in [3.8, 4) is 28.7 Å². The second-order valence-corrected chi connectivity index (χ2v) is 8.67. The monoisotopic (exact) mass is 526 g/mol. The SMILES string of the molecule is COc1ccc(Cn2nc(Br)c3c(Oc4ccc(-c5nc6ccccc6o5)cc4)ccnc32)cc1. The van der Waals surface area contributed by atoms with E-state index in [2.05, 4.69) is 31.0 Å². The average Bonchev–Trinajstić information content (AvgIpc) is 3.47. The van der Waals surface area contributed by atoms with Crippen LogP contribution in [-0.2, 0) is 6.54 Å². The number of para-hydroxylation sites is 2. The lowest BCUT2D eigenvalue weighted by Gasteiger charge is -2.08. The van der Waals surface area contributed by atoms with Gasteiger partial charge in [0.15, 0.2) is 11.2 Å². The molecule has 0 fully saturated rings. The summed E-state index contributed by atoms with van der Waals surface area (Å²) in [6, 6.07) is 25.1. The molecule has 0 atom stereocenters. The summed E-state index contributed by atoms with van der Waals surface area (Å²) in [5.74, 6) is 2.74. The van der Waals surface area contributed by atoms with Gasteiger partial charge in [0.05, 0.1) is 19.0 Å². The largest absolute Gasteiger partial charge is 0.497 e. The molecule has 0 aliphatic rings. The molecule has 0 saturated carbocycles. The van der Waals surface area contributed by atoms with E-state index in [4.69, 9.17) is 13.9 Å². The van der Waals surface area contributed by atoms with Crippen LogP contribution in [0.3, 0.4) is 0 Å². The van der Waals surface area contributed by atoms with Gasteiger partial charge in [-0.15, -0.1) is 0 Å². The number of halogens is 1. The van der Waals surface area contributed by atoms with Crippen LogP contribution in [0.25, 0.3) is 33.6 Å². The smallest absolute Gasteiger partial charge is 0.227 e. The van der Waals surface area contributed by atoms with Gasteiger partial charge in [-0.3, -0.25) is 0 Å². The zero-order valence-corrected chi connectivity index (χ0v) is 20.3. The van der Waals surface area contributed by atoms with E-state index in [0.29, 0.717) is 28.5 Å². The molecule has 0 N–H and O–H groups in total. The maximum absolute atomic E-state index is 6.23. The fraction of sp³-hybridized carbons (Fsp3) is 0.0741. The van der Waals surface area contributed by atoms with Crippen molar-refractivity contribution in [3.63, 3.8) is 0 Å². The molecule has 0 radical (unpaired) electrons. The third-order valence-corrected chi connectivity index (χ3v) is 6.22. The summed E-state index contributed by atoms with van der Waals surface area (Å²) in [5, 5.41) is 5.45. The average molecular weight is 527 g/mol. The molecule has 6 rings (SSSR count). The zero-order valence-electron chi connectivity index (χ0n) is 18.7. The molecule has 3 heterocycles. The van der Waals surface area contributed by atoms with Crippen molar-refractivity contribution < 1.29 is 13.9 Å². The highest BCUT2D eigenvalue weighted by molar-refractivity contribution is 9.10. The van der Waals surface area contributed by atoms with Crippen molar-refractivity contribution in [1.82, 2.24) is 19.7 Å². The van der Waals surface area contributed by atoms with Crippen molar-refractivity contribution in [2.75, 3.05) is 7.11 Å². The number of oxazole rings is 1. The van der Waals surface area contributed by atoms with E-state index in [1.54, 1.807) is 13.3 Å². The lowest BCUT2D eigenvalue weighted by Crippen LogP contribution is -2.02. The Kier molecular flexibility index (Phi) is 5.42. The first-order valence-corrected chi connectivity index (χ1v) is 11.7. The zero-order chi connectivity index (χ0) is 23.8. The summed E-state index contributed by atoms with van der Waals surface area (Å²) < 4.78 is 19.9. The highest BCUT2D eigenvalue weighted by Crippen LogP contribution is 2.35. The number of ether oxygens (including phenoxy) is 2. The van der Waals surface area contributed by atoms with Crippen molar-refractivity contribution in [3.05, 3.63) is 95.2 Å². The standard InChI is InChI=1S/C27H19BrN4O3/c1-33-19-10-6-17(7-11-19)16-32-26-24(25(28)31-32)23(14-15-29-26)34-20-12-8-18(9-13-20)27-30-21-4-2-3-5-22(21)35-27/h2-15H,16H2,1H3. The number of methoxy groups -OCH3 is 1. The van der Waals surface area contributed by atoms with Crippen LogP contribution < -0.4 is 9.47 Å². The number of benzene rings is 3. The van der Waals surface area contributed by atoms with Crippen LogP contribution in [0.4, 0.5) is 0 Å². The Bertz CT molecular complexity index is 1610. The Morgan fingerprint density at radius 2 is 1.69 bits per heavy atom. The van der Waals surface area contributed by atoms with Crippen LogP contribution in [0.15, 0.2) is 94.1 Å². The minimum absolute atomic E-state index is 0.571. The maximum atomic E-state index is 6.23. The topological polar surface area (TPSA) is 75.2 Å². The predicted octanol–water partition coefficient (Wildman–Crippen LogP) is 6.85. The minimum Gasteiger partial charge on any atom is -0.497 e. The van der Waals surface area contributed by atoms with Crippen LogP contribution in [0, 0.1) is 0 Å². The molecule has 8 heteroatoms. The number of hydrogen-bond donors (Lipinski definition) is 0. The summed E-state index contributed by atoms with van der Waals surface area (Å²) in [4.78, 5) is 9.11. The number of fused-ring (bicyclic) bond motifs is 2. The van der Waals surface area contributed by atoms with Crippen molar-refractivity contribution in [2.45, 2.75) is 6.54 Å². The van der Waals surface area contributed by atoms with Gasteiger partial charge < -0.3 is 13.9 Å². The first kappa shape index (κ1) is 21.4. The van der Waals surface area contributed by atoms with E-state index in [1.165, 1.54) is 0 Å². The van der Waals surface area contributed by atoms with E-state index in [-0.39, 0.29) is 0 Å². The summed E-state index contributed by atoms with van der Waals surface area (Å²) in [6.07, 6.45) is 1.73. The molecule has 35 heavy (non-hydrogen) atoms. The van der Waals surface area contributed by atoms with E-state index in [1.807, 2.05) is 83.5 Å². The van der Waals surface area contributed by atoms with E-state index < -0.39 is 0 Å². The summed E-state index contributed by atoms with van der Waals surface area (Å²) in [5.41, 5.74) is 4.29. The first-order chi connectivity index (χ1) is 17.2. The van der Waals surface area contributed by atoms with Gasteiger partial charge in [-0.2, -0.15) is 5.10 Å². The molecular weight excluding hydrogens is 508 g/mol. The molecule has 0 spiro atoms. The highest BCUT2D eigenvalue weighted by atomic mass is 79.9. The number of pyridine rings is 1. The second-order valence-electron chi connectivity index (χ2n) is 7.92. The molecule has 0 aliphatic heterocycles. The van der Waals surface area contributed by atoms with Crippen molar-refractivity contribution in [2.24, 2.45) is 0 Å². The molecule has 172 valence electrons. The molecule has 0 saturated heterocycles. The predicted molar refractivity (Wildman–Crippen MR) is 137 cm³/mol. The van der Waals surface area contributed by atoms with Gasteiger partial charge in [0.25, 0.3) is 0 Å². The molecule has 6 aromatic rings. The van der Waals surface area contributed by atoms with Gasteiger partial charge in [-0.05, 0) is 70.0 Å². The van der Waals surface area contributed by atoms with Gasteiger partial charge in [0.2, 0.25) is 5.89 Å². The van der Waals surface area contributed by atoms with Crippen LogP contribution in [0.2, 0.25) is 0 Å². The maximum Gasteiger partial charge on any atom is 0.227 e. The van der Waals surface area contributed by atoms with Crippen molar-refractivity contribution >= 4 is 38.1 Å². The first-order valence-electron chi connectivity index (χ1n) is 11.0. The van der Waals surface area contributed by atoms with Crippen molar-refractivity contribution in [1.29, 1.82) is 0 Å². The Balaban J connectivity index is 1.27. The molecule has 3 aromatic heterocycles. The molecule has 0 aliphatic carbocycles. The fourth-order valence-electron chi connectivity index (χ4n) is 3.91. The van der Waals surface area contributed by atoms with Gasteiger partial charge in [0, 0.05) is 17.8 Å². The van der Waals surface area contributed by atoms with Gasteiger partial charge in [0.1, 0.15) is 27.4 Å². The number of rotatable bonds is 6. The minimum atomic E-state index is 0.571. The molecule has 0 amide bonds. The van der Waals surface area contributed by atoms with Gasteiger partial charge in [-0.25, -0.2) is 14.6 Å². The summed E-state index contributed by atoms with van der Waals surface area (Å²) in [6.45, 7) is 0.571. The highest BCUT2D eigenvalue weighted by Gasteiger charge is 2.16. The number of aromatic nitrogens is 4. The quantitative estimate of drug-likeness (QED) is 0.236. The Hall–Kier alpha value is -4.17. The normalized spacial score (nSPS) is 11.3. The van der Waals surface area contributed by atoms with E-state index in [9.17, 15) is 0 Å². The van der Waals surface area contributed by atoms with Gasteiger partial charge >= 0.3 is 0 Å². The summed E-state index contributed by atoms with van der Waals surface area (Å²) in [7, 11) is 1.65. The third kappa shape index (κ3) is 4.13. The molecular formula is C27H19BrN4O3. The Labute approximate surface area is 209 Å². The van der Waals surface area contributed by atoms with Gasteiger partial charge in [-0.1, -0.05) is 24.3 Å².